The van der Waals surface area contributed by atoms with Gasteiger partial charge >= 0.3 is 6.01 Å². The molecule has 0 radical (unpaired) electrons. The number of aromatic hydroxyl groups is 1. The summed E-state index contributed by atoms with van der Waals surface area (Å²) in [6.07, 6.45) is 6.50. The van der Waals surface area contributed by atoms with Gasteiger partial charge in [0.2, 0.25) is 12.5 Å². The third kappa shape index (κ3) is 6.70. The van der Waals surface area contributed by atoms with Crippen LogP contribution in [0.3, 0.4) is 0 Å². The molecule has 2 aromatic carbocycles. The van der Waals surface area contributed by atoms with Crippen LogP contribution in [0.5, 0.6) is 11.8 Å². The number of phenolic OH excluding ortho intramolecular Hbond substituents is 1. The highest BCUT2D eigenvalue weighted by atomic mass is 19.1. The minimum absolute atomic E-state index is 0.141. The van der Waals surface area contributed by atoms with Crippen molar-refractivity contribution < 1.29 is 23.8 Å². The lowest BCUT2D eigenvalue weighted by atomic mass is 10.0. The van der Waals surface area contributed by atoms with Crippen molar-refractivity contribution in [1.82, 2.24) is 14.9 Å². The number of carbonyl (C=O) groups is 1. The predicted molar refractivity (Wildman–Crippen MR) is 166 cm³/mol. The Morgan fingerprint density at radius 2 is 2.00 bits per heavy atom. The van der Waals surface area contributed by atoms with E-state index in [-0.39, 0.29) is 24.2 Å². The highest BCUT2D eigenvalue weighted by molar-refractivity contribution is 5.95. The third-order valence-electron chi connectivity index (χ3n) is 8.30. The van der Waals surface area contributed by atoms with Crippen LogP contribution in [0.15, 0.2) is 48.6 Å². The maximum atomic E-state index is 12.7. The Bertz CT molecular complexity index is 1570. The van der Waals surface area contributed by atoms with Crippen LogP contribution in [0.25, 0.3) is 15.6 Å². The number of ether oxygens (including phenoxy) is 2. The SMILES string of the molecule is [C-]#[N+]C[C@H]1CN(c2nc(OCCCOC3CC3)nc3c2CCN(c2cc(O)cc4ccccc24)C3)CCN1C(=O)/C=C/CF. The molecule has 1 aromatic heterocycles. The quantitative estimate of drug-likeness (QED) is 0.198. The van der Waals surface area contributed by atoms with Crippen LogP contribution in [0, 0.1) is 6.57 Å². The summed E-state index contributed by atoms with van der Waals surface area (Å²) >= 11 is 0. The van der Waals surface area contributed by atoms with Crippen molar-refractivity contribution in [3.05, 3.63) is 71.2 Å². The third-order valence-corrected chi connectivity index (χ3v) is 8.30. The second-order valence-electron chi connectivity index (χ2n) is 11.4. The standard InChI is InChI=1S/C33H37FN6O4/c1-35-20-24-21-39(14-15-40(24)31(42)8-4-12-34)32-28-11-13-38(30-19-25(41)18-23-6-2-3-7-27(23)30)22-29(28)36-33(37-32)44-17-5-16-43-26-9-10-26/h2-4,6-8,18-19,24,26,41H,5,9-17,20-22H2/b8-4+/t24-/m0/s1. The first-order valence-corrected chi connectivity index (χ1v) is 15.3. The normalized spacial score (nSPS) is 18.5. The molecule has 1 saturated heterocycles. The topological polar surface area (TPSA) is 95.6 Å². The first kappa shape index (κ1) is 29.6. The zero-order valence-electron chi connectivity index (χ0n) is 24.7. The van der Waals surface area contributed by atoms with Crippen LogP contribution in [0.4, 0.5) is 15.9 Å². The Hall–Kier alpha value is -4.43. The molecule has 44 heavy (non-hydrogen) atoms. The van der Waals surface area contributed by atoms with Gasteiger partial charge in [-0.05, 0) is 36.8 Å². The highest BCUT2D eigenvalue weighted by Gasteiger charge is 2.35. The van der Waals surface area contributed by atoms with E-state index in [0.29, 0.717) is 64.5 Å². The molecule has 3 heterocycles. The van der Waals surface area contributed by atoms with E-state index in [4.69, 9.17) is 26.0 Å². The molecule has 0 bridgehead atoms. The molecular formula is C33H37FN6O4. The molecule has 1 saturated carbocycles. The number of nitrogens with zero attached hydrogens (tertiary/aromatic N) is 6. The van der Waals surface area contributed by atoms with E-state index >= 15 is 0 Å². The Labute approximate surface area is 256 Å². The van der Waals surface area contributed by atoms with Gasteiger partial charge in [-0.1, -0.05) is 24.3 Å². The number of benzene rings is 2. The van der Waals surface area contributed by atoms with Gasteiger partial charge in [-0.2, -0.15) is 9.97 Å². The molecular weight excluding hydrogens is 563 g/mol. The van der Waals surface area contributed by atoms with E-state index < -0.39 is 6.67 Å². The first-order chi connectivity index (χ1) is 21.5. The zero-order chi connectivity index (χ0) is 30.5. The van der Waals surface area contributed by atoms with Crippen molar-refractivity contribution in [3.8, 4) is 11.8 Å². The molecule has 1 aliphatic carbocycles. The van der Waals surface area contributed by atoms with E-state index in [0.717, 1.165) is 52.8 Å². The van der Waals surface area contributed by atoms with E-state index in [2.05, 4.69) is 20.7 Å². The van der Waals surface area contributed by atoms with E-state index in [1.165, 1.54) is 12.2 Å². The van der Waals surface area contributed by atoms with Gasteiger partial charge in [-0.3, -0.25) is 4.79 Å². The minimum Gasteiger partial charge on any atom is -0.508 e. The number of anilines is 2. The Balaban J connectivity index is 1.28. The number of hydrogen-bond donors (Lipinski definition) is 1. The number of carbonyl (C=O) groups excluding carboxylic acids is 1. The summed E-state index contributed by atoms with van der Waals surface area (Å²) < 4.78 is 24.5. The van der Waals surface area contributed by atoms with Crippen LogP contribution >= 0.6 is 0 Å². The fraction of sp³-hybridized carbons (Fsp3) is 0.455. The molecule has 3 aliphatic rings. The maximum absolute atomic E-state index is 12.7. The van der Waals surface area contributed by atoms with E-state index in [1.807, 2.05) is 18.2 Å². The number of phenols is 1. The molecule has 1 N–H and O–H groups in total. The van der Waals surface area contributed by atoms with Crippen LogP contribution in [-0.2, 0) is 22.5 Å². The molecule has 1 atom stereocenters. The summed E-state index contributed by atoms with van der Waals surface area (Å²) in [4.78, 5) is 32.1. The average Bonchev–Trinajstić information content (AvgIpc) is 3.87. The molecule has 10 nitrogen and oxygen atoms in total. The number of alkyl halides is 1. The fourth-order valence-corrected chi connectivity index (χ4v) is 6.00. The Kier molecular flexibility index (Phi) is 9.07. The molecule has 0 spiro atoms. The highest BCUT2D eigenvalue weighted by Crippen LogP contribution is 2.36. The maximum Gasteiger partial charge on any atom is 0.318 e. The van der Waals surface area contributed by atoms with Gasteiger partial charge in [0, 0.05) is 61.4 Å². The van der Waals surface area contributed by atoms with Crippen LogP contribution in [-0.4, -0.2) is 90.6 Å². The smallest absolute Gasteiger partial charge is 0.318 e. The van der Waals surface area contributed by atoms with Gasteiger partial charge in [0.1, 0.15) is 24.3 Å². The molecule has 2 fully saturated rings. The molecule has 6 rings (SSSR count). The van der Waals surface area contributed by atoms with Gasteiger partial charge in [0.05, 0.1) is 31.6 Å². The number of piperazine rings is 1. The number of amides is 1. The largest absolute Gasteiger partial charge is 0.508 e. The van der Waals surface area contributed by atoms with Crippen LogP contribution < -0.4 is 14.5 Å². The van der Waals surface area contributed by atoms with Crippen molar-refractivity contribution in [3.63, 3.8) is 0 Å². The van der Waals surface area contributed by atoms with Crippen molar-refractivity contribution >= 4 is 28.2 Å². The van der Waals surface area contributed by atoms with Gasteiger partial charge in [0.15, 0.2) is 0 Å². The van der Waals surface area contributed by atoms with E-state index in [9.17, 15) is 14.3 Å². The number of hydrogen-bond acceptors (Lipinski definition) is 8. The number of rotatable bonds is 11. The first-order valence-electron chi connectivity index (χ1n) is 15.3. The average molecular weight is 601 g/mol. The van der Waals surface area contributed by atoms with Crippen LogP contribution in [0.1, 0.15) is 30.5 Å². The summed E-state index contributed by atoms with van der Waals surface area (Å²) in [5, 5.41) is 12.5. The van der Waals surface area contributed by atoms with E-state index in [1.54, 1.807) is 17.0 Å². The van der Waals surface area contributed by atoms with Gasteiger partial charge in [-0.15, -0.1) is 0 Å². The zero-order valence-corrected chi connectivity index (χ0v) is 24.7. The lowest BCUT2D eigenvalue weighted by Crippen LogP contribution is -2.56. The second kappa shape index (κ2) is 13.5. The van der Waals surface area contributed by atoms with Gasteiger partial charge in [0.25, 0.3) is 0 Å². The van der Waals surface area contributed by atoms with Crippen molar-refractivity contribution in [1.29, 1.82) is 0 Å². The molecule has 2 aliphatic heterocycles. The fourth-order valence-electron chi connectivity index (χ4n) is 6.00. The summed E-state index contributed by atoms with van der Waals surface area (Å²) in [6.45, 7) is 10.5. The molecule has 11 heteroatoms. The number of fused-ring (bicyclic) bond motifs is 2. The van der Waals surface area contributed by atoms with Crippen molar-refractivity contribution in [2.45, 2.75) is 44.4 Å². The van der Waals surface area contributed by atoms with Gasteiger partial charge < -0.3 is 34.1 Å². The number of allylic oxidation sites excluding steroid dienone is 1. The Morgan fingerprint density at radius 3 is 2.82 bits per heavy atom. The summed E-state index contributed by atoms with van der Waals surface area (Å²) in [5.41, 5.74) is 2.81. The number of halogens is 1. The minimum atomic E-state index is -0.711. The molecule has 230 valence electrons. The molecule has 0 unspecified atom stereocenters. The monoisotopic (exact) mass is 600 g/mol. The van der Waals surface area contributed by atoms with Crippen LogP contribution in [0.2, 0.25) is 0 Å². The number of aromatic nitrogens is 2. The second-order valence-corrected chi connectivity index (χ2v) is 11.4. The van der Waals surface area contributed by atoms with Crippen molar-refractivity contribution in [2.75, 3.05) is 62.4 Å². The lowest BCUT2D eigenvalue weighted by molar-refractivity contribution is -0.128. The molecule has 3 aromatic rings. The summed E-state index contributed by atoms with van der Waals surface area (Å²) in [6, 6.07) is 11.5. The predicted octanol–water partition coefficient (Wildman–Crippen LogP) is 4.31. The van der Waals surface area contributed by atoms with Gasteiger partial charge in [-0.25, -0.2) is 11.0 Å². The molecule has 1 amide bonds. The lowest BCUT2D eigenvalue weighted by Gasteiger charge is -2.41. The van der Waals surface area contributed by atoms with Crippen molar-refractivity contribution in [2.24, 2.45) is 0 Å². The summed E-state index contributed by atoms with van der Waals surface area (Å²) in [5.74, 6) is 0.693. The Morgan fingerprint density at radius 1 is 1.14 bits per heavy atom. The summed E-state index contributed by atoms with van der Waals surface area (Å²) in [7, 11) is 0.